The number of rotatable bonds is 5. The average Bonchev–Trinajstić information content (AvgIpc) is 2.87. The van der Waals surface area contributed by atoms with Crippen molar-refractivity contribution in [3.05, 3.63) is 45.7 Å². The molecule has 0 aliphatic heterocycles. The summed E-state index contributed by atoms with van der Waals surface area (Å²) in [6.07, 6.45) is 0.855. The second kappa shape index (κ2) is 6.21. The van der Waals surface area contributed by atoms with Gasteiger partial charge < -0.3 is 5.32 Å². The second-order valence-corrected chi connectivity index (χ2v) is 5.22. The van der Waals surface area contributed by atoms with Crippen LogP contribution in [-0.2, 0) is 6.42 Å². The van der Waals surface area contributed by atoms with E-state index < -0.39 is 0 Å². The summed E-state index contributed by atoms with van der Waals surface area (Å²) < 4.78 is 17.4. The summed E-state index contributed by atoms with van der Waals surface area (Å²) in [6.45, 7) is 6.75. The van der Waals surface area contributed by atoms with E-state index in [0.717, 1.165) is 29.1 Å². The molecule has 2 aromatic rings. The van der Waals surface area contributed by atoms with E-state index in [1.807, 2.05) is 12.1 Å². The number of aromatic nitrogens is 2. The standard InChI is InChI=1S/C14H18FN3S/c1-4-12-14(19-18-17-12)13(16-5-2)10-6-7-11(15)9(3)8-10/h6-8,13,16H,4-5H2,1-3H3. The number of aryl methyl sites for hydroxylation is 2. The molecule has 0 radical (unpaired) electrons. The molecule has 0 spiro atoms. The molecule has 0 saturated carbocycles. The monoisotopic (exact) mass is 279 g/mol. The van der Waals surface area contributed by atoms with Crippen LogP contribution in [0.5, 0.6) is 0 Å². The van der Waals surface area contributed by atoms with E-state index in [4.69, 9.17) is 0 Å². The summed E-state index contributed by atoms with van der Waals surface area (Å²) in [5.41, 5.74) is 2.73. The van der Waals surface area contributed by atoms with Gasteiger partial charge in [-0.3, -0.25) is 0 Å². The predicted molar refractivity (Wildman–Crippen MR) is 75.9 cm³/mol. The van der Waals surface area contributed by atoms with Gasteiger partial charge in [0.2, 0.25) is 0 Å². The minimum absolute atomic E-state index is 0.0410. The Morgan fingerprint density at radius 3 is 2.79 bits per heavy atom. The third-order valence-electron chi connectivity index (χ3n) is 3.11. The molecule has 1 unspecified atom stereocenters. The number of hydrogen-bond acceptors (Lipinski definition) is 4. The molecule has 0 amide bonds. The van der Waals surface area contributed by atoms with Gasteiger partial charge in [-0.05, 0) is 48.6 Å². The van der Waals surface area contributed by atoms with Gasteiger partial charge in [-0.15, -0.1) is 5.10 Å². The van der Waals surface area contributed by atoms with E-state index in [0.29, 0.717) is 5.56 Å². The maximum Gasteiger partial charge on any atom is 0.126 e. The van der Waals surface area contributed by atoms with Crippen LogP contribution in [0.1, 0.15) is 41.6 Å². The van der Waals surface area contributed by atoms with Crippen LogP contribution in [0.15, 0.2) is 18.2 Å². The molecule has 1 N–H and O–H groups in total. The van der Waals surface area contributed by atoms with E-state index in [2.05, 4.69) is 28.8 Å². The molecule has 0 bridgehead atoms. The van der Waals surface area contributed by atoms with Crippen molar-refractivity contribution in [1.29, 1.82) is 0 Å². The van der Waals surface area contributed by atoms with Crippen LogP contribution in [0.25, 0.3) is 0 Å². The lowest BCUT2D eigenvalue weighted by molar-refractivity contribution is 0.607. The first-order valence-electron chi connectivity index (χ1n) is 6.47. The molecule has 0 saturated heterocycles. The van der Waals surface area contributed by atoms with Gasteiger partial charge in [-0.25, -0.2) is 4.39 Å². The van der Waals surface area contributed by atoms with E-state index in [9.17, 15) is 4.39 Å². The first kappa shape index (κ1) is 14.1. The Labute approximate surface area is 117 Å². The van der Waals surface area contributed by atoms with Crippen LogP contribution in [0, 0.1) is 12.7 Å². The summed E-state index contributed by atoms with van der Waals surface area (Å²) in [6, 6.07) is 5.28. The smallest absolute Gasteiger partial charge is 0.126 e. The zero-order chi connectivity index (χ0) is 13.8. The van der Waals surface area contributed by atoms with Gasteiger partial charge in [0, 0.05) is 0 Å². The van der Waals surface area contributed by atoms with Crippen molar-refractivity contribution in [2.24, 2.45) is 0 Å². The van der Waals surface area contributed by atoms with E-state index in [1.165, 1.54) is 17.6 Å². The third kappa shape index (κ3) is 2.98. The van der Waals surface area contributed by atoms with Crippen LogP contribution in [0.2, 0.25) is 0 Å². The lowest BCUT2D eigenvalue weighted by atomic mass is 10.0. The van der Waals surface area contributed by atoms with Gasteiger partial charge in [-0.1, -0.05) is 30.5 Å². The molecule has 0 aliphatic rings. The number of nitrogens with zero attached hydrogens (tertiary/aromatic N) is 2. The molecular weight excluding hydrogens is 261 g/mol. The van der Waals surface area contributed by atoms with Crippen molar-refractivity contribution in [3.8, 4) is 0 Å². The molecule has 1 aromatic heterocycles. The predicted octanol–water partition coefficient (Wildman–Crippen LogP) is 3.25. The van der Waals surface area contributed by atoms with Gasteiger partial charge in [-0.2, -0.15) is 0 Å². The van der Waals surface area contributed by atoms with Gasteiger partial charge in [0.15, 0.2) is 0 Å². The third-order valence-corrected chi connectivity index (χ3v) is 3.94. The highest BCUT2D eigenvalue weighted by Gasteiger charge is 2.20. The largest absolute Gasteiger partial charge is 0.306 e. The van der Waals surface area contributed by atoms with Crippen LogP contribution < -0.4 is 5.32 Å². The maximum atomic E-state index is 13.4. The number of hydrogen-bond donors (Lipinski definition) is 1. The fraction of sp³-hybridized carbons (Fsp3) is 0.429. The van der Waals surface area contributed by atoms with Gasteiger partial charge in [0.25, 0.3) is 0 Å². The molecule has 1 atom stereocenters. The topological polar surface area (TPSA) is 37.8 Å². The van der Waals surface area contributed by atoms with Crippen LogP contribution >= 0.6 is 11.5 Å². The minimum Gasteiger partial charge on any atom is -0.306 e. The quantitative estimate of drug-likeness (QED) is 0.913. The average molecular weight is 279 g/mol. The summed E-state index contributed by atoms with van der Waals surface area (Å²) in [7, 11) is 0. The molecule has 3 nitrogen and oxygen atoms in total. The highest BCUT2D eigenvalue weighted by Crippen LogP contribution is 2.28. The van der Waals surface area contributed by atoms with E-state index in [1.54, 1.807) is 6.92 Å². The Bertz CT molecular complexity index is 553. The van der Waals surface area contributed by atoms with Crippen LogP contribution in [0.3, 0.4) is 0 Å². The lowest BCUT2D eigenvalue weighted by Gasteiger charge is -2.18. The second-order valence-electron chi connectivity index (χ2n) is 4.44. The molecule has 102 valence electrons. The van der Waals surface area contributed by atoms with Crippen LogP contribution in [-0.4, -0.2) is 16.1 Å². The minimum atomic E-state index is -0.169. The molecular formula is C14H18FN3S. The Balaban J connectivity index is 2.42. The van der Waals surface area contributed by atoms with Gasteiger partial charge in [0.05, 0.1) is 16.6 Å². The maximum absolute atomic E-state index is 13.4. The SMILES string of the molecule is CCNC(c1ccc(F)c(C)c1)c1snnc1CC. The number of benzene rings is 1. The summed E-state index contributed by atoms with van der Waals surface area (Å²) in [4.78, 5) is 1.12. The molecule has 1 aromatic carbocycles. The van der Waals surface area contributed by atoms with Crippen molar-refractivity contribution in [3.63, 3.8) is 0 Å². The molecule has 2 rings (SSSR count). The van der Waals surface area contributed by atoms with Crippen molar-refractivity contribution in [2.45, 2.75) is 33.2 Å². The summed E-state index contributed by atoms with van der Waals surface area (Å²) >= 11 is 1.41. The van der Waals surface area contributed by atoms with Crippen molar-refractivity contribution >= 4 is 11.5 Å². The molecule has 0 aliphatic carbocycles. The van der Waals surface area contributed by atoms with E-state index in [-0.39, 0.29) is 11.9 Å². The molecule has 19 heavy (non-hydrogen) atoms. The normalized spacial score (nSPS) is 12.6. The molecule has 0 fully saturated rings. The zero-order valence-electron chi connectivity index (χ0n) is 11.4. The van der Waals surface area contributed by atoms with Crippen LogP contribution in [0.4, 0.5) is 4.39 Å². The number of nitrogens with one attached hydrogen (secondary N) is 1. The Morgan fingerprint density at radius 1 is 1.37 bits per heavy atom. The summed E-state index contributed by atoms with van der Waals surface area (Å²) in [5, 5.41) is 7.59. The fourth-order valence-corrected chi connectivity index (χ4v) is 2.94. The van der Waals surface area contributed by atoms with Crippen molar-refractivity contribution in [1.82, 2.24) is 14.9 Å². The Morgan fingerprint density at radius 2 is 2.16 bits per heavy atom. The van der Waals surface area contributed by atoms with Crippen molar-refractivity contribution in [2.75, 3.05) is 6.54 Å². The highest BCUT2D eigenvalue weighted by molar-refractivity contribution is 7.05. The molecule has 5 heteroatoms. The highest BCUT2D eigenvalue weighted by atomic mass is 32.1. The Hall–Kier alpha value is -1.33. The van der Waals surface area contributed by atoms with Gasteiger partial charge in [0.1, 0.15) is 5.82 Å². The molecule has 1 heterocycles. The summed E-state index contributed by atoms with van der Waals surface area (Å²) in [5.74, 6) is -0.169. The first-order valence-corrected chi connectivity index (χ1v) is 7.25. The number of halogens is 1. The Kier molecular flexibility index (Phi) is 4.61. The zero-order valence-corrected chi connectivity index (χ0v) is 12.2. The van der Waals surface area contributed by atoms with Gasteiger partial charge >= 0.3 is 0 Å². The van der Waals surface area contributed by atoms with E-state index >= 15 is 0 Å². The van der Waals surface area contributed by atoms with Crippen molar-refractivity contribution < 1.29 is 4.39 Å². The lowest BCUT2D eigenvalue weighted by Crippen LogP contribution is -2.22. The fourth-order valence-electron chi connectivity index (χ4n) is 2.09. The first-order chi connectivity index (χ1) is 9.17.